The fraction of sp³-hybridized carbons (Fsp3) is 0.267. The number of fused-ring (bicyclic) bond motifs is 1. The van der Waals surface area contributed by atoms with Gasteiger partial charge in [0.2, 0.25) is 0 Å². The first-order chi connectivity index (χ1) is 9.08. The van der Waals surface area contributed by atoms with Gasteiger partial charge in [0.1, 0.15) is 5.82 Å². The molecule has 1 atom stereocenters. The molecule has 0 saturated carbocycles. The number of hydrogen-bond acceptors (Lipinski definition) is 1. The largest absolute Gasteiger partial charge is 0.363 e. The van der Waals surface area contributed by atoms with Crippen molar-refractivity contribution in [3.05, 3.63) is 47.5 Å². The Labute approximate surface area is 111 Å². The van der Waals surface area contributed by atoms with Crippen molar-refractivity contribution in [2.45, 2.75) is 12.8 Å². The second kappa shape index (κ2) is 4.23. The summed E-state index contributed by atoms with van der Waals surface area (Å²) in [5.74, 6) is 0.0329. The van der Waals surface area contributed by atoms with Crippen LogP contribution in [0.25, 0.3) is 11.1 Å². The summed E-state index contributed by atoms with van der Waals surface area (Å²) in [6.07, 6.45) is 1.84. The van der Waals surface area contributed by atoms with Crippen molar-refractivity contribution in [3.8, 4) is 11.1 Å². The summed E-state index contributed by atoms with van der Waals surface area (Å²) < 4.78 is 13.0. The van der Waals surface area contributed by atoms with Crippen LogP contribution in [-0.2, 0) is 0 Å². The van der Waals surface area contributed by atoms with Gasteiger partial charge in [-0.05, 0) is 17.7 Å². The van der Waals surface area contributed by atoms with Gasteiger partial charge in [0, 0.05) is 37.0 Å². The Hall–Kier alpha value is -2.10. The van der Waals surface area contributed by atoms with Crippen molar-refractivity contribution in [2.75, 3.05) is 13.6 Å². The van der Waals surface area contributed by atoms with E-state index in [1.807, 2.05) is 13.2 Å². The van der Waals surface area contributed by atoms with E-state index in [0.29, 0.717) is 5.56 Å². The second-order valence-corrected chi connectivity index (χ2v) is 5.08. The first-order valence-electron chi connectivity index (χ1n) is 6.30. The summed E-state index contributed by atoms with van der Waals surface area (Å²) in [6, 6.07) is 6.22. The first-order valence-corrected chi connectivity index (χ1v) is 6.30. The number of halogens is 1. The second-order valence-electron chi connectivity index (χ2n) is 5.08. The molecule has 19 heavy (non-hydrogen) atoms. The lowest BCUT2D eigenvalue weighted by Crippen LogP contribution is -2.35. The molecule has 0 bridgehead atoms. The number of nitrogens with one attached hydrogen (secondary N) is 1. The Balaban J connectivity index is 2.15. The number of H-pyrrole nitrogens is 1. The molecule has 1 amide bonds. The van der Waals surface area contributed by atoms with Crippen LogP contribution in [0.5, 0.6) is 0 Å². The molecule has 1 aliphatic rings. The zero-order valence-corrected chi connectivity index (χ0v) is 10.9. The molecule has 1 N–H and O–H groups in total. The number of benzene rings is 1. The van der Waals surface area contributed by atoms with Gasteiger partial charge in [-0.1, -0.05) is 19.1 Å². The minimum atomic E-state index is -0.273. The topological polar surface area (TPSA) is 36.1 Å². The lowest BCUT2D eigenvalue weighted by Gasteiger charge is -2.28. The van der Waals surface area contributed by atoms with Gasteiger partial charge in [0.15, 0.2) is 0 Å². The average molecular weight is 258 g/mol. The number of likely N-dealkylation sites (N-methyl/N-ethyl adjacent to an activating group) is 1. The van der Waals surface area contributed by atoms with Crippen molar-refractivity contribution in [1.29, 1.82) is 0 Å². The molecule has 2 heterocycles. The van der Waals surface area contributed by atoms with E-state index in [4.69, 9.17) is 0 Å². The van der Waals surface area contributed by atoms with Gasteiger partial charge in [-0.25, -0.2) is 4.39 Å². The summed E-state index contributed by atoms with van der Waals surface area (Å²) >= 11 is 0. The average Bonchev–Trinajstić information content (AvgIpc) is 2.82. The molecule has 0 fully saturated rings. The molecule has 1 aromatic heterocycles. The molecule has 1 unspecified atom stereocenters. The lowest BCUT2D eigenvalue weighted by molar-refractivity contribution is 0.0768. The van der Waals surface area contributed by atoms with Gasteiger partial charge in [0.25, 0.3) is 5.91 Å². The van der Waals surface area contributed by atoms with E-state index >= 15 is 0 Å². The molecule has 0 spiro atoms. The number of aromatic nitrogens is 1. The fourth-order valence-corrected chi connectivity index (χ4v) is 2.69. The number of amides is 1. The van der Waals surface area contributed by atoms with E-state index in [9.17, 15) is 9.18 Å². The zero-order valence-electron chi connectivity index (χ0n) is 10.9. The molecule has 3 nitrogen and oxygen atoms in total. The third kappa shape index (κ3) is 1.84. The van der Waals surface area contributed by atoms with Gasteiger partial charge in [0.05, 0.1) is 5.56 Å². The number of nitrogens with zero attached hydrogens (tertiary/aromatic N) is 1. The maximum atomic E-state index is 13.0. The predicted octanol–water partition coefficient (Wildman–Crippen LogP) is 3.01. The van der Waals surface area contributed by atoms with Gasteiger partial charge >= 0.3 is 0 Å². The Morgan fingerprint density at radius 3 is 2.68 bits per heavy atom. The van der Waals surface area contributed by atoms with Gasteiger partial charge in [-0.3, -0.25) is 4.79 Å². The van der Waals surface area contributed by atoms with E-state index in [1.54, 1.807) is 17.0 Å². The number of aromatic amines is 1. The van der Waals surface area contributed by atoms with E-state index in [-0.39, 0.29) is 17.6 Å². The molecule has 1 aromatic carbocycles. The highest BCUT2D eigenvalue weighted by molar-refractivity contribution is 6.03. The lowest BCUT2D eigenvalue weighted by atomic mass is 9.93. The van der Waals surface area contributed by atoms with Gasteiger partial charge in [-0.2, -0.15) is 0 Å². The van der Waals surface area contributed by atoms with Crippen LogP contribution < -0.4 is 0 Å². The summed E-state index contributed by atoms with van der Waals surface area (Å²) in [7, 11) is 1.81. The molecule has 2 aromatic rings. The number of rotatable bonds is 1. The van der Waals surface area contributed by atoms with Crippen LogP contribution in [0.3, 0.4) is 0 Å². The molecular formula is C15H15FN2O. The smallest absolute Gasteiger partial charge is 0.256 e. The Morgan fingerprint density at radius 1 is 1.32 bits per heavy atom. The highest BCUT2D eigenvalue weighted by Gasteiger charge is 2.30. The maximum Gasteiger partial charge on any atom is 0.256 e. The van der Waals surface area contributed by atoms with Gasteiger partial charge < -0.3 is 9.88 Å². The molecule has 0 saturated heterocycles. The molecular weight excluding hydrogens is 243 g/mol. The first kappa shape index (κ1) is 12.0. The number of carbonyl (C=O) groups excluding carboxylic acids is 1. The molecule has 0 radical (unpaired) electrons. The Bertz CT molecular complexity index is 630. The normalized spacial score (nSPS) is 18.6. The van der Waals surface area contributed by atoms with Gasteiger partial charge in [-0.15, -0.1) is 0 Å². The predicted molar refractivity (Wildman–Crippen MR) is 71.6 cm³/mol. The van der Waals surface area contributed by atoms with E-state index < -0.39 is 0 Å². The van der Waals surface area contributed by atoms with Crippen molar-refractivity contribution in [1.82, 2.24) is 9.88 Å². The van der Waals surface area contributed by atoms with Crippen LogP contribution in [0.2, 0.25) is 0 Å². The molecule has 3 rings (SSSR count). The van der Waals surface area contributed by atoms with E-state index in [2.05, 4.69) is 11.9 Å². The summed E-state index contributed by atoms with van der Waals surface area (Å²) in [6.45, 7) is 2.81. The molecule has 1 aliphatic heterocycles. The van der Waals surface area contributed by atoms with Crippen LogP contribution in [0.1, 0.15) is 28.9 Å². The zero-order chi connectivity index (χ0) is 13.6. The quantitative estimate of drug-likeness (QED) is 0.838. The van der Waals surface area contributed by atoms with Crippen LogP contribution in [0, 0.1) is 5.82 Å². The highest BCUT2D eigenvalue weighted by atomic mass is 19.1. The van der Waals surface area contributed by atoms with Crippen LogP contribution in [0.4, 0.5) is 4.39 Å². The number of hydrogen-bond donors (Lipinski definition) is 1. The summed E-state index contributed by atoms with van der Waals surface area (Å²) in [5.41, 5.74) is 3.39. The highest BCUT2D eigenvalue weighted by Crippen LogP contribution is 2.34. The minimum absolute atomic E-state index is 0.0219. The van der Waals surface area contributed by atoms with Crippen molar-refractivity contribution in [2.24, 2.45) is 0 Å². The van der Waals surface area contributed by atoms with E-state index in [1.165, 1.54) is 12.1 Å². The van der Waals surface area contributed by atoms with Crippen LogP contribution in [-0.4, -0.2) is 29.4 Å². The summed E-state index contributed by atoms with van der Waals surface area (Å²) in [4.78, 5) is 17.2. The number of carbonyl (C=O) groups is 1. The summed E-state index contributed by atoms with van der Waals surface area (Å²) in [5, 5.41) is 0. The molecule has 4 heteroatoms. The van der Waals surface area contributed by atoms with Crippen molar-refractivity contribution < 1.29 is 9.18 Å². The molecule has 0 aliphatic carbocycles. The van der Waals surface area contributed by atoms with Crippen LogP contribution in [0.15, 0.2) is 30.5 Å². The molecule has 98 valence electrons. The maximum absolute atomic E-state index is 13.0. The fourth-order valence-electron chi connectivity index (χ4n) is 2.69. The van der Waals surface area contributed by atoms with Crippen LogP contribution >= 0.6 is 0 Å². The third-order valence-corrected chi connectivity index (χ3v) is 3.67. The van der Waals surface area contributed by atoms with Crippen molar-refractivity contribution in [3.63, 3.8) is 0 Å². The van der Waals surface area contributed by atoms with E-state index in [0.717, 1.165) is 23.4 Å². The van der Waals surface area contributed by atoms with Crippen molar-refractivity contribution >= 4 is 5.91 Å². The third-order valence-electron chi connectivity index (χ3n) is 3.67. The standard InChI is InChI=1S/C15H15FN2O/c1-9-8-18(2)15(19)13-12(7-17-14(9)13)10-3-5-11(16)6-4-10/h3-7,9,17H,8H2,1-2H3. The Morgan fingerprint density at radius 2 is 2.00 bits per heavy atom. The SMILES string of the molecule is CC1CN(C)C(=O)c2c(-c3ccc(F)cc3)c[nH]c21. The minimum Gasteiger partial charge on any atom is -0.363 e. The Kier molecular flexibility index (Phi) is 2.66. The monoisotopic (exact) mass is 258 g/mol.